The SMILES string of the molecule is COc1ccc2cc(CNS(=O)(=O)c3ccc(Cl)cc3)ccc2c1. The van der Waals surface area contributed by atoms with Crippen molar-refractivity contribution in [3.8, 4) is 5.75 Å². The van der Waals surface area contributed by atoms with E-state index in [1.165, 1.54) is 12.1 Å². The summed E-state index contributed by atoms with van der Waals surface area (Å²) in [7, 11) is -1.94. The van der Waals surface area contributed by atoms with Crippen LogP contribution in [-0.2, 0) is 16.6 Å². The highest BCUT2D eigenvalue weighted by molar-refractivity contribution is 7.89. The monoisotopic (exact) mass is 361 g/mol. The van der Waals surface area contributed by atoms with Crippen molar-refractivity contribution in [2.24, 2.45) is 0 Å². The fourth-order valence-electron chi connectivity index (χ4n) is 2.39. The van der Waals surface area contributed by atoms with E-state index in [0.717, 1.165) is 22.1 Å². The van der Waals surface area contributed by atoms with Crippen molar-refractivity contribution in [1.29, 1.82) is 0 Å². The maximum atomic E-state index is 12.3. The van der Waals surface area contributed by atoms with E-state index < -0.39 is 10.0 Å². The molecule has 0 atom stereocenters. The number of benzene rings is 3. The molecular weight excluding hydrogens is 346 g/mol. The van der Waals surface area contributed by atoms with Gasteiger partial charge in [-0.1, -0.05) is 29.8 Å². The molecule has 3 aromatic rings. The quantitative estimate of drug-likeness (QED) is 0.747. The van der Waals surface area contributed by atoms with Crippen LogP contribution in [0.3, 0.4) is 0 Å². The first-order valence-corrected chi connectivity index (χ1v) is 9.16. The number of halogens is 1. The zero-order valence-corrected chi connectivity index (χ0v) is 14.6. The third-order valence-electron chi connectivity index (χ3n) is 3.70. The fourth-order valence-corrected chi connectivity index (χ4v) is 3.53. The van der Waals surface area contributed by atoms with E-state index in [1.54, 1.807) is 19.2 Å². The lowest BCUT2D eigenvalue weighted by atomic mass is 10.1. The molecule has 0 unspecified atom stereocenters. The summed E-state index contributed by atoms with van der Waals surface area (Å²) in [5, 5.41) is 2.57. The fraction of sp³-hybridized carbons (Fsp3) is 0.111. The van der Waals surface area contributed by atoms with Gasteiger partial charge >= 0.3 is 0 Å². The minimum Gasteiger partial charge on any atom is -0.497 e. The first-order chi connectivity index (χ1) is 11.5. The standard InChI is InChI=1S/C18H16ClNO3S/c1-23-17-7-4-14-10-13(2-3-15(14)11-17)12-20-24(21,22)18-8-5-16(19)6-9-18/h2-11,20H,12H2,1H3. The second-order valence-electron chi connectivity index (χ2n) is 5.33. The van der Waals surface area contributed by atoms with Crippen LogP contribution in [0.2, 0.25) is 5.02 Å². The molecule has 0 radical (unpaired) electrons. The van der Waals surface area contributed by atoms with Crippen molar-refractivity contribution < 1.29 is 13.2 Å². The van der Waals surface area contributed by atoms with Gasteiger partial charge in [0.2, 0.25) is 10.0 Å². The molecule has 0 spiro atoms. The maximum absolute atomic E-state index is 12.3. The molecule has 3 rings (SSSR count). The van der Waals surface area contributed by atoms with Gasteiger partial charge in [0.15, 0.2) is 0 Å². The van der Waals surface area contributed by atoms with Crippen molar-refractivity contribution in [1.82, 2.24) is 4.72 Å². The smallest absolute Gasteiger partial charge is 0.240 e. The van der Waals surface area contributed by atoms with Crippen molar-refractivity contribution in [3.63, 3.8) is 0 Å². The minimum atomic E-state index is -3.57. The average molecular weight is 362 g/mol. The summed E-state index contributed by atoms with van der Waals surface area (Å²) in [6, 6.07) is 17.6. The van der Waals surface area contributed by atoms with Gasteiger partial charge in [-0.25, -0.2) is 13.1 Å². The van der Waals surface area contributed by atoms with Crippen molar-refractivity contribution in [3.05, 3.63) is 71.2 Å². The number of nitrogens with one attached hydrogen (secondary N) is 1. The van der Waals surface area contributed by atoms with Crippen LogP contribution in [-0.4, -0.2) is 15.5 Å². The number of methoxy groups -OCH3 is 1. The number of rotatable bonds is 5. The highest BCUT2D eigenvalue weighted by atomic mass is 35.5. The van der Waals surface area contributed by atoms with E-state index in [-0.39, 0.29) is 11.4 Å². The summed E-state index contributed by atoms with van der Waals surface area (Å²) < 4.78 is 32.4. The summed E-state index contributed by atoms with van der Waals surface area (Å²) >= 11 is 5.79. The van der Waals surface area contributed by atoms with Gasteiger partial charge in [-0.15, -0.1) is 0 Å². The third kappa shape index (κ3) is 3.70. The number of hydrogen-bond donors (Lipinski definition) is 1. The summed E-state index contributed by atoms with van der Waals surface area (Å²) in [6.07, 6.45) is 0. The Labute approximate surface area is 146 Å². The lowest BCUT2D eigenvalue weighted by Crippen LogP contribution is -2.23. The molecule has 0 aliphatic heterocycles. The normalized spacial score (nSPS) is 11.6. The van der Waals surface area contributed by atoms with Crippen LogP contribution in [0.15, 0.2) is 65.6 Å². The van der Waals surface area contributed by atoms with E-state index in [0.29, 0.717) is 5.02 Å². The molecule has 0 aliphatic rings. The molecule has 3 aromatic carbocycles. The van der Waals surface area contributed by atoms with Gasteiger partial charge in [0.05, 0.1) is 12.0 Å². The first kappa shape index (κ1) is 16.8. The number of ether oxygens (including phenoxy) is 1. The predicted octanol–water partition coefficient (Wildman–Crippen LogP) is 3.98. The molecule has 4 nitrogen and oxygen atoms in total. The summed E-state index contributed by atoms with van der Waals surface area (Å²) in [6.45, 7) is 0.215. The molecule has 0 aromatic heterocycles. The van der Waals surface area contributed by atoms with Crippen LogP contribution in [0.5, 0.6) is 5.75 Å². The van der Waals surface area contributed by atoms with Crippen LogP contribution >= 0.6 is 11.6 Å². The molecular formula is C18H16ClNO3S. The Bertz CT molecular complexity index is 969. The highest BCUT2D eigenvalue weighted by Crippen LogP contribution is 2.22. The van der Waals surface area contributed by atoms with Gasteiger partial charge < -0.3 is 4.74 Å². The van der Waals surface area contributed by atoms with Crippen molar-refractivity contribution >= 4 is 32.4 Å². The van der Waals surface area contributed by atoms with E-state index in [4.69, 9.17) is 16.3 Å². The van der Waals surface area contributed by atoms with Crippen LogP contribution in [0, 0.1) is 0 Å². The first-order valence-electron chi connectivity index (χ1n) is 7.30. The van der Waals surface area contributed by atoms with Crippen LogP contribution in [0.4, 0.5) is 0 Å². The summed E-state index contributed by atoms with van der Waals surface area (Å²) in [5.41, 5.74) is 0.880. The van der Waals surface area contributed by atoms with Gasteiger partial charge in [0, 0.05) is 11.6 Å². The molecule has 0 aliphatic carbocycles. The molecule has 0 saturated heterocycles. The molecule has 0 amide bonds. The topological polar surface area (TPSA) is 55.4 Å². The molecule has 0 heterocycles. The van der Waals surface area contributed by atoms with E-state index in [2.05, 4.69) is 4.72 Å². The highest BCUT2D eigenvalue weighted by Gasteiger charge is 2.13. The number of sulfonamides is 1. The van der Waals surface area contributed by atoms with Crippen LogP contribution in [0.25, 0.3) is 10.8 Å². The Morgan fingerprint density at radius 3 is 2.33 bits per heavy atom. The molecule has 0 saturated carbocycles. The van der Waals surface area contributed by atoms with Gasteiger partial charge in [-0.3, -0.25) is 0 Å². The molecule has 1 N–H and O–H groups in total. The summed E-state index contributed by atoms with van der Waals surface area (Å²) in [4.78, 5) is 0.192. The van der Waals surface area contributed by atoms with Gasteiger partial charge in [0.25, 0.3) is 0 Å². The Kier molecular flexibility index (Phi) is 4.76. The van der Waals surface area contributed by atoms with E-state index in [9.17, 15) is 8.42 Å². The van der Waals surface area contributed by atoms with Crippen molar-refractivity contribution in [2.45, 2.75) is 11.4 Å². The zero-order chi connectivity index (χ0) is 17.2. The number of hydrogen-bond acceptors (Lipinski definition) is 3. The Morgan fingerprint density at radius 1 is 0.958 bits per heavy atom. The van der Waals surface area contributed by atoms with E-state index >= 15 is 0 Å². The van der Waals surface area contributed by atoms with Crippen LogP contribution in [0.1, 0.15) is 5.56 Å². The Morgan fingerprint density at radius 2 is 1.62 bits per heavy atom. The van der Waals surface area contributed by atoms with Gasteiger partial charge in [-0.2, -0.15) is 0 Å². The van der Waals surface area contributed by atoms with Crippen molar-refractivity contribution in [2.75, 3.05) is 7.11 Å². The second kappa shape index (κ2) is 6.81. The molecule has 124 valence electrons. The molecule has 0 fully saturated rings. The van der Waals surface area contributed by atoms with E-state index in [1.807, 2.05) is 36.4 Å². The average Bonchev–Trinajstić information content (AvgIpc) is 2.60. The number of fused-ring (bicyclic) bond motifs is 1. The largest absolute Gasteiger partial charge is 0.497 e. The molecule has 0 bridgehead atoms. The Balaban J connectivity index is 1.78. The predicted molar refractivity (Wildman–Crippen MR) is 96.0 cm³/mol. The third-order valence-corrected chi connectivity index (χ3v) is 5.37. The van der Waals surface area contributed by atoms with Gasteiger partial charge in [-0.05, 0) is 58.8 Å². The lowest BCUT2D eigenvalue weighted by Gasteiger charge is -2.08. The maximum Gasteiger partial charge on any atom is 0.240 e. The Hall–Kier alpha value is -2.08. The molecule has 6 heteroatoms. The minimum absolute atomic E-state index is 0.192. The lowest BCUT2D eigenvalue weighted by molar-refractivity contribution is 0.415. The van der Waals surface area contributed by atoms with Gasteiger partial charge in [0.1, 0.15) is 5.75 Å². The zero-order valence-electron chi connectivity index (χ0n) is 13.0. The summed E-state index contributed by atoms with van der Waals surface area (Å²) in [5.74, 6) is 0.790. The second-order valence-corrected chi connectivity index (χ2v) is 7.53. The van der Waals surface area contributed by atoms with Crippen LogP contribution < -0.4 is 9.46 Å². The molecule has 24 heavy (non-hydrogen) atoms.